The molecule has 0 atom stereocenters. The third kappa shape index (κ3) is 5.97. The minimum atomic E-state index is -0.577. The van der Waals surface area contributed by atoms with Crippen LogP contribution >= 0.6 is 0 Å². The summed E-state index contributed by atoms with van der Waals surface area (Å²) in [5, 5.41) is 16.3. The molecule has 4 rings (SSSR count). The molecule has 35 heavy (non-hydrogen) atoms. The van der Waals surface area contributed by atoms with E-state index in [4.69, 9.17) is 4.74 Å². The van der Waals surface area contributed by atoms with Crippen molar-refractivity contribution in [1.29, 1.82) is 5.26 Å². The Morgan fingerprint density at radius 1 is 1.03 bits per heavy atom. The number of para-hydroxylation sites is 2. The molecule has 0 saturated heterocycles. The number of hydrazone groups is 1. The van der Waals surface area contributed by atoms with Gasteiger partial charge in [-0.3, -0.25) is 14.6 Å². The summed E-state index contributed by atoms with van der Waals surface area (Å²) in [6, 6.07) is 27.0. The number of benzene rings is 3. The van der Waals surface area contributed by atoms with Gasteiger partial charge in [0, 0.05) is 16.8 Å². The van der Waals surface area contributed by atoms with E-state index in [2.05, 4.69) is 25.8 Å². The molecule has 1 amide bonds. The number of amides is 1. The standard InChI is InChI=1S/C26H20N6O3/c27-15-21-24(18-9-3-1-4-10-18)30-26(31-25(21)34)32-28-16-19-11-7-8-14-22(19)35-17-23(33)29-20-12-5-2-6-13-20/h1-14,16H,17H2,(H,29,33)(H2,30,31,32,34). The fraction of sp³-hybridized carbons (Fsp3) is 0.0385. The van der Waals surface area contributed by atoms with Crippen molar-refractivity contribution < 1.29 is 9.53 Å². The summed E-state index contributed by atoms with van der Waals surface area (Å²) in [5.41, 5.74) is 4.19. The Labute approximate surface area is 200 Å². The normalized spacial score (nSPS) is 10.5. The lowest BCUT2D eigenvalue weighted by molar-refractivity contribution is -0.118. The van der Waals surface area contributed by atoms with Crippen molar-refractivity contribution in [2.24, 2.45) is 5.10 Å². The van der Waals surface area contributed by atoms with Crippen molar-refractivity contribution in [1.82, 2.24) is 9.97 Å². The lowest BCUT2D eigenvalue weighted by atomic mass is 10.1. The number of aromatic nitrogens is 2. The SMILES string of the molecule is N#Cc1c(-c2ccccc2)nc(NN=Cc2ccccc2OCC(=O)Nc2ccccc2)[nH]c1=O. The first kappa shape index (κ1) is 22.9. The van der Waals surface area contributed by atoms with Gasteiger partial charge in [0.1, 0.15) is 17.4 Å². The number of carbonyl (C=O) groups is 1. The highest BCUT2D eigenvalue weighted by molar-refractivity contribution is 5.92. The Kier molecular flexibility index (Phi) is 7.26. The molecule has 1 aromatic heterocycles. The molecule has 0 fully saturated rings. The number of nitriles is 1. The lowest BCUT2D eigenvalue weighted by Crippen LogP contribution is -2.20. The number of anilines is 2. The maximum atomic E-state index is 12.4. The minimum Gasteiger partial charge on any atom is -0.483 e. The largest absolute Gasteiger partial charge is 0.483 e. The van der Waals surface area contributed by atoms with Gasteiger partial charge in [0.25, 0.3) is 11.5 Å². The second kappa shape index (κ2) is 11.1. The van der Waals surface area contributed by atoms with Crippen molar-refractivity contribution in [3.8, 4) is 23.1 Å². The first-order valence-electron chi connectivity index (χ1n) is 10.6. The molecule has 0 radical (unpaired) electrons. The van der Waals surface area contributed by atoms with Crippen molar-refractivity contribution in [3.05, 3.63) is 106 Å². The summed E-state index contributed by atoms with van der Waals surface area (Å²) in [6.45, 7) is -0.182. The summed E-state index contributed by atoms with van der Waals surface area (Å²) in [5.74, 6) is 0.228. The summed E-state index contributed by atoms with van der Waals surface area (Å²) in [4.78, 5) is 31.4. The molecular weight excluding hydrogens is 444 g/mol. The number of aromatic amines is 1. The Bertz CT molecular complexity index is 1440. The second-order valence-electron chi connectivity index (χ2n) is 7.23. The molecule has 4 aromatic rings. The molecule has 0 aliphatic heterocycles. The van der Waals surface area contributed by atoms with Gasteiger partial charge >= 0.3 is 0 Å². The predicted molar refractivity (Wildman–Crippen MR) is 133 cm³/mol. The van der Waals surface area contributed by atoms with Gasteiger partial charge in [0.15, 0.2) is 6.61 Å². The van der Waals surface area contributed by atoms with Gasteiger partial charge in [0.05, 0.1) is 11.9 Å². The number of hydrogen-bond acceptors (Lipinski definition) is 7. The molecule has 9 nitrogen and oxygen atoms in total. The third-order valence-electron chi connectivity index (χ3n) is 4.79. The maximum Gasteiger partial charge on any atom is 0.270 e. The van der Waals surface area contributed by atoms with Crippen LogP contribution in [0.15, 0.2) is 94.8 Å². The Morgan fingerprint density at radius 2 is 1.71 bits per heavy atom. The van der Waals surface area contributed by atoms with Crippen LogP contribution in [0.25, 0.3) is 11.3 Å². The van der Waals surface area contributed by atoms with Gasteiger partial charge in [0.2, 0.25) is 5.95 Å². The molecule has 9 heteroatoms. The quantitative estimate of drug-likeness (QED) is 0.269. The smallest absolute Gasteiger partial charge is 0.270 e. The topological polar surface area (TPSA) is 132 Å². The fourth-order valence-electron chi connectivity index (χ4n) is 3.18. The lowest BCUT2D eigenvalue weighted by Gasteiger charge is -2.09. The van der Waals surface area contributed by atoms with E-state index in [1.165, 1.54) is 6.21 Å². The van der Waals surface area contributed by atoms with Crippen LogP contribution in [0, 0.1) is 11.3 Å². The Balaban J connectivity index is 1.46. The molecule has 3 aromatic carbocycles. The van der Waals surface area contributed by atoms with Crippen molar-refractivity contribution in [2.75, 3.05) is 17.3 Å². The van der Waals surface area contributed by atoms with Crippen LogP contribution in [0.4, 0.5) is 11.6 Å². The van der Waals surface area contributed by atoms with Gasteiger partial charge in [-0.2, -0.15) is 10.4 Å². The van der Waals surface area contributed by atoms with Crippen LogP contribution in [0.5, 0.6) is 5.75 Å². The highest BCUT2D eigenvalue weighted by atomic mass is 16.5. The number of ether oxygens (including phenoxy) is 1. The molecule has 0 unspecified atom stereocenters. The second-order valence-corrected chi connectivity index (χ2v) is 7.23. The zero-order chi connectivity index (χ0) is 24.5. The monoisotopic (exact) mass is 464 g/mol. The molecule has 0 aliphatic carbocycles. The average Bonchev–Trinajstić information content (AvgIpc) is 2.89. The third-order valence-corrected chi connectivity index (χ3v) is 4.79. The van der Waals surface area contributed by atoms with Gasteiger partial charge in [-0.05, 0) is 24.3 Å². The van der Waals surface area contributed by atoms with Gasteiger partial charge in [-0.1, -0.05) is 60.7 Å². The first-order chi connectivity index (χ1) is 17.1. The molecule has 0 bridgehead atoms. The predicted octanol–water partition coefficient (Wildman–Crippen LogP) is 3.77. The van der Waals surface area contributed by atoms with Crippen LogP contribution in [0.2, 0.25) is 0 Å². The number of nitrogens with one attached hydrogen (secondary N) is 3. The summed E-state index contributed by atoms with van der Waals surface area (Å²) < 4.78 is 5.66. The van der Waals surface area contributed by atoms with E-state index in [0.717, 1.165) is 0 Å². The molecule has 172 valence electrons. The summed E-state index contributed by atoms with van der Waals surface area (Å²) in [7, 11) is 0. The van der Waals surface area contributed by atoms with Crippen LogP contribution in [0.1, 0.15) is 11.1 Å². The maximum absolute atomic E-state index is 12.4. The van der Waals surface area contributed by atoms with Gasteiger partial charge in [-0.15, -0.1) is 0 Å². The van der Waals surface area contributed by atoms with Crippen molar-refractivity contribution >= 4 is 23.8 Å². The average molecular weight is 464 g/mol. The van der Waals surface area contributed by atoms with E-state index in [1.54, 1.807) is 60.7 Å². The number of nitrogens with zero attached hydrogens (tertiary/aromatic N) is 3. The van der Waals surface area contributed by atoms with E-state index in [1.807, 2.05) is 30.3 Å². The van der Waals surface area contributed by atoms with Crippen LogP contribution in [0.3, 0.4) is 0 Å². The molecule has 0 spiro atoms. The zero-order valence-corrected chi connectivity index (χ0v) is 18.4. The molecular formula is C26H20N6O3. The van der Waals surface area contributed by atoms with Crippen molar-refractivity contribution in [3.63, 3.8) is 0 Å². The Hall–Kier alpha value is -5.23. The molecule has 0 saturated carbocycles. The van der Waals surface area contributed by atoms with E-state index in [0.29, 0.717) is 22.6 Å². The molecule has 3 N–H and O–H groups in total. The van der Waals surface area contributed by atoms with Crippen LogP contribution in [-0.4, -0.2) is 28.7 Å². The number of rotatable bonds is 8. The zero-order valence-electron chi connectivity index (χ0n) is 18.4. The summed E-state index contributed by atoms with van der Waals surface area (Å²) in [6.07, 6.45) is 1.48. The molecule has 1 heterocycles. The Morgan fingerprint density at radius 3 is 2.46 bits per heavy atom. The van der Waals surface area contributed by atoms with Crippen LogP contribution < -0.4 is 21.0 Å². The number of carbonyl (C=O) groups excluding carboxylic acids is 1. The highest BCUT2D eigenvalue weighted by Gasteiger charge is 2.13. The van der Waals surface area contributed by atoms with Gasteiger partial charge < -0.3 is 10.1 Å². The van der Waals surface area contributed by atoms with Crippen molar-refractivity contribution in [2.45, 2.75) is 0 Å². The highest BCUT2D eigenvalue weighted by Crippen LogP contribution is 2.20. The van der Waals surface area contributed by atoms with Crippen LogP contribution in [-0.2, 0) is 4.79 Å². The first-order valence-corrected chi connectivity index (χ1v) is 10.6. The van der Waals surface area contributed by atoms with Gasteiger partial charge in [-0.25, -0.2) is 10.4 Å². The number of hydrogen-bond donors (Lipinski definition) is 3. The fourth-order valence-corrected chi connectivity index (χ4v) is 3.18. The molecule has 0 aliphatic rings. The van der Waals surface area contributed by atoms with E-state index >= 15 is 0 Å². The van der Waals surface area contributed by atoms with E-state index in [9.17, 15) is 14.9 Å². The minimum absolute atomic E-state index is 0.0738. The van der Waals surface area contributed by atoms with E-state index in [-0.39, 0.29) is 29.7 Å². The number of H-pyrrole nitrogens is 1. The summed E-state index contributed by atoms with van der Waals surface area (Å²) >= 11 is 0. The van der Waals surface area contributed by atoms with E-state index < -0.39 is 5.56 Å².